The van der Waals surface area contributed by atoms with Gasteiger partial charge in [-0.3, -0.25) is 9.79 Å². The van der Waals surface area contributed by atoms with Gasteiger partial charge < -0.3 is 9.52 Å². The van der Waals surface area contributed by atoms with Gasteiger partial charge in [0.2, 0.25) is 0 Å². The summed E-state index contributed by atoms with van der Waals surface area (Å²) in [5.41, 5.74) is 2.65. The van der Waals surface area contributed by atoms with Gasteiger partial charge in [0.1, 0.15) is 5.35 Å². The number of hydrogen-bond acceptors (Lipinski definition) is 4. The normalized spacial score (nSPS) is 14.3. The minimum Gasteiger partial charge on any atom is -0.481 e. The maximum atomic E-state index is 12.7. The van der Waals surface area contributed by atoms with Crippen LogP contribution in [0.25, 0.3) is 12.2 Å². The molecule has 1 aromatic carbocycles. The molecule has 0 bridgehead atoms. The van der Waals surface area contributed by atoms with Crippen molar-refractivity contribution in [1.82, 2.24) is 4.98 Å². The molecule has 0 fully saturated rings. The summed E-state index contributed by atoms with van der Waals surface area (Å²) in [5.74, 6) is 1.95. The van der Waals surface area contributed by atoms with Crippen LogP contribution in [-0.4, -0.2) is 21.8 Å². The van der Waals surface area contributed by atoms with E-state index in [-0.39, 0.29) is 6.42 Å². The number of aromatic nitrogens is 1. The van der Waals surface area contributed by atoms with Crippen LogP contribution in [-0.2, 0) is 17.4 Å². The second kappa shape index (κ2) is 11.3. The molecule has 0 aliphatic carbocycles. The molecule has 0 spiro atoms. The number of hydrogen-bond donors (Lipinski definition) is 1. The predicted molar refractivity (Wildman–Crippen MR) is 121 cm³/mol. The van der Waals surface area contributed by atoms with Crippen molar-refractivity contribution in [1.29, 1.82) is 0 Å². The van der Waals surface area contributed by atoms with E-state index >= 15 is 0 Å². The van der Waals surface area contributed by atoms with Crippen molar-refractivity contribution in [2.24, 2.45) is 4.99 Å². The zero-order valence-electron chi connectivity index (χ0n) is 18.7. The Kier molecular flexibility index (Phi) is 8.80. The van der Waals surface area contributed by atoms with E-state index in [0.29, 0.717) is 47.2 Å². The Morgan fingerprint density at radius 3 is 2.45 bits per heavy atom. The van der Waals surface area contributed by atoms with Crippen LogP contribution >= 0.6 is 0 Å². The highest BCUT2D eigenvalue weighted by molar-refractivity contribution is 5.99. The van der Waals surface area contributed by atoms with Crippen LogP contribution < -0.4 is 10.8 Å². The van der Waals surface area contributed by atoms with Gasteiger partial charge in [0.05, 0.1) is 5.56 Å². The Bertz CT molecular complexity index is 1210. The number of carbonyl (C=O) groups is 1. The molecule has 1 heterocycles. The zero-order chi connectivity index (χ0) is 24.6. The maximum Gasteiger partial charge on any atom is 0.416 e. The summed E-state index contributed by atoms with van der Waals surface area (Å²) >= 11 is 0. The van der Waals surface area contributed by atoms with E-state index in [1.54, 1.807) is 13.0 Å². The molecule has 0 saturated heterocycles. The Morgan fingerprint density at radius 2 is 1.88 bits per heavy atom. The average Bonchev–Trinajstić information content (AvgIpc) is 3.13. The highest BCUT2D eigenvalue weighted by Gasteiger charge is 2.29. The van der Waals surface area contributed by atoms with E-state index in [0.717, 1.165) is 23.4 Å². The van der Waals surface area contributed by atoms with Crippen molar-refractivity contribution in [2.75, 3.05) is 0 Å². The molecule has 33 heavy (non-hydrogen) atoms. The fraction of sp³-hybridized carbons (Fsp3) is 0.320. The number of nitrogens with zero attached hydrogens (tertiary/aromatic N) is 2. The maximum absolute atomic E-state index is 12.7. The van der Waals surface area contributed by atoms with Crippen molar-refractivity contribution in [3.05, 3.63) is 63.3 Å². The average molecular weight is 458 g/mol. The molecule has 0 amide bonds. The lowest BCUT2D eigenvalue weighted by Gasteiger charge is -2.08. The van der Waals surface area contributed by atoms with Gasteiger partial charge >= 0.3 is 12.1 Å². The van der Waals surface area contributed by atoms with E-state index in [2.05, 4.69) is 15.9 Å². The number of carboxylic acid groups (broad SMARTS) is 1. The van der Waals surface area contributed by atoms with E-state index in [1.807, 2.05) is 13.8 Å². The Labute approximate surface area is 190 Å². The first-order chi connectivity index (χ1) is 15.5. The van der Waals surface area contributed by atoms with Gasteiger partial charge in [-0.1, -0.05) is 29.7 Å². The largest absolute Gasteiger partial charge is 0.481 e. The molecule has 1 N–H and O–H groups in total. The van der Waals surface area contributed by atoms with Gasteiger partial charge in [0.25, 0.3) is 0 Å². The van der Waals surface area contributed by atoms with Crippen LogP contribution in [0.2, 0.25) is 0 Å². The Hall–Kier alpha value is -3.60. The third kappa shape index (κ3) is 7.79. The predicted octanol–water partition coefficient (Wildman–Crippen LogP) is 4.49. The van der Waals surface area contributed by atoms with Gasteiger partial charge in [-0.25, -0.2) is 4.98 Å². The third-order valence-electron chi connectivity index (χ3n) is 4.93. The van der Waals surface area contributed by atoms with Crippen LogP contribution in [0.4, 0.5) is 13.2 Å². The first-order valence-electron chi connectivity index (χ1n) is 10.2. The summed E-state index contributed by atoms with van der Waals surface area (Å²) in [6.45, 7) is 5.49. The van der Waals surface area contributed by atoms with Gasteiger partial charge in [-0.05, 0) is 51.3 Å². The summed E-state index contributed by atoms with van der Waals surface area (Å²) in [6.07, 6.45) is 5.43. The number of rotatable bonds is 8. The molecular formula is C25H25F3N2O3. The van der Waals surface area contributed by atoms with Crippen LogP contribution in [0.3, 0.4) is 0 Å². The summed E-state index contributed by atoms with van der Waals surface area (Å²) in [4.78, 5) is 19.6. The summed E-state index contributed by atoms with van der Waals surface area (Å²) in [6, 6.07) is 4.89. The number of aliphatic carboxylic acids is 1. The molecule has 2 rings (SSSR count). The fourth-order valence-corrected chi connectivity index (χ4v) is 2.94. The van der Waals surface area contributed by atoms with Gasteiger partial charge in [-0.15, -0.1) is 6.42 Å². The lowest BCUT2D eigenvalue weighted by molar-refractivity contribution is -0.138. The number of halogens is 3. The number of allylic oxidation sites excluding steroid dienone is 2. The lowest BCUT2D eigenvalue weighted by atomic mass is 10.1. The molecule has 0 unspecified atom stereocenters. The molecule has 5 nitrogen and oxygen atoms in total. The van der Waals surface area contributed by atoms with Gasteiger partial charge in [0, 0.05) is 30.3 Å². The molecule has 0 radical (unpaired) electrons. The van der Waals surface area contributed by atoms with E-state index < -0.39 is 17.7 Å². The second-order valence-electron chi connectivity index (χ2n) is 7.44. The monoisotopic (exact) mass is 458 g/mol. The lowest BCUT2D eigenvalue weighted by Crippen LogP contribution is -2.21. The number of aliphatic imine (C=N–C) groups is 1. The summed E-state index contributed by atoms with van der Waals surface area (Å²) in [5, 5.41) is 9.29. The summed E-state index contributed by atoms with van der Waals surface area (Å²) in [7, 11) is 0. The molecular weight excluding hydrogens is 433 g/mol. The Balaban J connectivity index is 2.14. The molecule has 0 aliphatic heterocycles. The number of benzene rings is 1. The molecule has 1 aromatic heterocycles. The zero-order valence-corrected chi connectivity index (χ0v) is 18.7. The Morgan fingerprint density at radius 1 is 1.21 bits per heavy atom. The topological polar surface area (TPSA) is 75.7 Å². The minimum atomic E-state index is -4.37. The number of aryl methyl sites for hydroxylation is 1. The van der Waals surface area contributed by atoms with Crippen molar-refractivity contribution in [3.63, 3.8) is 0 Å². The standard InChI is InChI=1S/C25H25F3N2O3/c1-5-7-22-21(8-6-9-24(31)32)30-23(33-22)15-10-16(2)17(3)29-18(4)19-11-13-20(14-12-19)25(26,27)28/h1,7-8,11-14H,6,9-10,15H2,2-4H3,(H,31,32)/b17-16+,21-8+,22-7+,29-18?. The van der Waals surface area contributed by atoms with E-state index in [9.17, 15) is 18.0 Å². The number of alkyl halides is 3. The van der Waals surface area contributed by atoms with Crippen LogP contribution in [0.15, 0.2) is 44.9 Å². The van der Waals surface area contributed by atoms with Crippen molar-refractivity contribution in [2.45, 2.75) is 52.6 Å². The van der Waals surface area contributed by atoms with Gasteiger partial charge in [-0.2, -0.15) is 13.2 Å². The highest BCUT2D eigenvalue weighted by atomic mass is 19.4. The van der Waals surface area contributed by atoms with Crippen molar-refractivity contribution >= 4 is 23.8 Å². The molecule has 2 aromatic rings. The van der Waals surface area contributed by atoms with Crippen LogP contribution in [0, 0.1) is 12.3 Å². The van der Waals surface area contributed by atoms with Crippen LogP contribution in [0.1, 0.15) is 57.1 Å². The summed E-state index contributed by atoms with van der Waals surface area (Å²) < 4.78 is 43.9. The quantitative estimate of drug-likeness (QED) is 0.467. The molecule has 0 atom stereocenters. The van der Waals surface area contributed by atoms with E-state index in [4.69, 9.17) is 15.9 Å². The van der Waals surface area contributed by atoms with Crippen molar-refractivity contribution in [3.8, 4) is 12.3 Å². The molecule has 0 aliphatic rings. The van der Waals surface area contributed by atoms with E-state index in [1.165, 1.54) is 18.2 Å². The molecule has 0 saturated carbocycles. The smallest absolute Gasteiger partial charge is 0.416 e. The second-order valence-corrected chi connectivity index (χ2v) is 7.44. The minimum absolute atomic E-state index is 0.0188. The third-order valence-corrected chi connectivity index (χ3v) is 4.93. The fourth-order valence-electron chi connectivity index (χ4n) is 2.94. The van der Waals surface area contributed by atoms with Crippen molar-refractivity contribution < 1.29 is 27.5 Å². The first-order valence-corrected chi connectivity index (χ1v) is 10.2. The number of oxazole rings is 1. The number of terminal acetylenes is 1. The SMILES string of the molecule is C#C/C=c1/oc(CC/C(C)=C(\C)N=C(C)c2ccc(C(F)(F)F)cc2)n/c1=C/CCC(=O)O. The highest BCUT2D eigenvalue weighted by Crippen LogP contribution is 2.29. The van der Waals surface area contributed by atoms with Gasteiger partial charge in [0.15, 0.2) is 11.3 Å². The molecule has 174 valence electrons. The first kappa shape index (κ1) is 25.7. The number of carboxylic acids is 1. The molecule has 8 heteroatoms. The van der Waals surface area contributed by atoms with Crippen LogP contribution in [0.5, 0.6) is 0 Å².